The smallest absolute Gasteiger partial charge is 0.253 e. The van der Waals surface area contributed by atoms with Crippen molar-refractivity contribution in [3.8, 4) is 0 Å². The molecule has 1 aliphatic heterocycles. The van der Waals surface area contributed by atoms with Gasteiger partial charge in [0, 0.05) is 10.6 Å². The van der Waals surface area contributed by atoms with E-state index in [1.807, 2.05) is 0 Å². The van der Waals surface area contributed by atoms with Gasteiger partial charge in [0.15, 0.2) is 0 Å². The molecule has 2 rings (SSSR count). The highest BCUT2D eigenvalue weighted by Gasteiger charge is 2.32. The van der Waals surface area contributed by atoms with Crippen molar-refractivity contribution in [3.05, 3.63) is 18.2 Å². The number of hydrogen-bond acceptors (Lipinski definition) is 6. The Labute approximate surface area is 108 Å². The maximum Gasteiger partial charge on any atom is 0.253 e. The predicted molar refractivity (Wildman–Crippen MR) is 69.1 cm³/mol. The van der Waals surface area contributed by atoms with Crippen molar-refractivity contribution in [2.75, 3.05) is 23.0 Å². The monoisotopic (exact) mass is 267 g/mol. The zero-order valence-corrected chi connectivity index (χ0v) is 10.3. The van der Waals surface area contributed by atoms with Crippen LogP contribution in [0, 0.1) is 0 Å². The maximum atomic E-state index is 12.0. The van der Waals surface area contributed by atoms with E-state index in [2.05, 4.69) is 0 Å². The highest BCUT2D eigenvalue weighted by atomic mass is 32.2. The fraction of sp³-hybridized carbons (Fsp3) is 0.273. The second-order valence-electron chi connectivity index (χ2n) is 3.87. The van der Waals surface area contributed by atoms with Crippen molar-refractivity contribution < 1.29 is 14.7 Å². The van der Waals surface area contributed by atoms with E-state index in [4.69, 9.17) is 16.6 Å². The van der Waals surface area contributed by atoms with E-state index in [9.17, 15) is 9.59 Å². The van der Waals surface area contributed by atoms with Gasteiger partial charge in [-0.3, -0.25) is 9.59 Å². The summed E-state index contributed by atoms with van der Waals surface area (Å²) in [5.74, 6) is -0.803. The Morgan fingerprint density at radius 1 is 1.56 bits per heavy atom. The molecule has 0 spiro atoms. The molecule has 1 unspecified atom stereocenters. The minimum atomic E-state index is -1.11. The third-order valence-electron chi connectivity index (χ3n) is 2.56. The van der Waals surface area contributed by atoms with Crippen LogP contribution in [0.4, 0.5) is 11.4 Å². The van der Waals surface area contributed by atoms with Gasteiger partial charge in [0.25, 0.3) is 5.91 Å². The summed E-state index contributed by atoms with van der Waals surface area (Å²) in [7, 11) is 0. The predicted octanol–water partition coefficient (Wildman–Crippen LogP) is -0.446. The molecule has 1 atom stereocenters. The first-order chi connectivity index (χ1) is 8.54. The minimum Gasteiger partial charge on any atom is -0.399 e. The van der Waals surface area contributed by atoms with Gasteiger partial charge < -0.3 is 16.6 Å². The first-order valence-electron chi connectivity index (χ1n) is 5.30. The van der Waals surface area contributed by atoms with Crippen LogP contribution in [-0.2, 0) is 9.59 Å². The Morgan fingerprint density at radius 2 is 2.28 bits per heavy atom. The highest BCUT2D eigenvalue weighted by Crippen LogP contribution is 2.36. The second-order valence-corrected chi connectivity index (χ2v) is 4.89. The standard InChI is InChI=1S/C11H13N3O3S/c12-6-1-2-9-8(3-6)14(10(16)5-18-9)11(17)7(13)4-15/h1-3,7,15H,4-5,12-13H2. The lowest BCUT2D eigenvalue weighted by molar-refractivity contribution is -0.126. The third-order valence-corrected chi connectivity index (χ3v) is 3.61. The molecule has 0 saturated heterocycles. The topological polar surface area (TPSA) is 110 Å². The Hall–Kier alpha value is -1.57. The Kier molecular flexibility index (Phi) is 3.55. The summed E-state index contributed by atoms with van der Waals surface area (Å²) in [5, 5.41) is 8.91. The molecule has 0 bridgehead atoms. The van der Waals surface area contributed by atoms with Gasteiger partial charge in [-0.1, -0.05) is 0 Å². The number of thioether (sulfide) groups is 1. The molecular weight excluding hydrogens is 254 g/mol. The van der Waals surface area contributed by atoms with Gasteiger partial charge >= 0.3 is 0 Å². The molecule has 18 heavy (non-hydrogen) atoms. The number of rotatable bonds is 2. The zero-order chi connectivity index (χ0) is 13.3. The third kappa shape index (κ3) is 2.20. The lowest BCUT2D eigenvalue weighted by atomic mass is 10.2. The van der Waals surface area contributed by atoms with Crippen LogP contribution in [0.1, 0.15) is 0 Å². The number of amides is 2. The van der Waals surface area contributed by atoms with Gasteiger partial charge in [0.05, 0.1) is 18.0 Å². The summed E-state index contributed by atoms with van der Waals surface area (Å²) >= 11 is 1.34. The molecule has 2 amide bonds. The van der Waals surface area contributed by atoms with Crippen LogP contribution in [0.15, 0.2) is 23.1 Å². The molecule has 1 aromatic carbocycles. The molecular formula is C11H13N3O3S. The first-order valence-corrected chi connectivity index (χ1v) is 6.28. The lowest BCUT2D eigenvalue weighted by Gasteiger charge is -2.29. The van der Waals surface area contributed by atoms with Gasteiger partial charge in [-0.05, 0) is 18.2 Å². The van der Waals surface area contributed by atoms with Crippen LogP contribution in [0.5, 0.6) is 0 Å². The first kappa shape index (κ1) is 12.9. The Morgan fingerprint density at radius 3 is 2.94 bits per heavy atom. The van der Waals surface area contributed by atoms with Crippen molar-refractivity contribution in [3.63, 3.8) is 0 Å². The van der Waals surface area contributed by atoms with Crippen LogP contribution in [0.25, 0.3) is 0 Å². The molecule has 6 nitrogen and oxygen atoms in total. The Balaban J connectivity index is 2.44. The summed E-state index contributed by atoms with van der Waals surface area (Å²) in [4.78, 5) is 25.6. The zero-order valence-electron chi connectivity index (χ0n) is 9.50. The number of imide groups is 1. The molecule has 96 valence electrons. The van der Waals surface area contributed by atoms with Crippen molar-refractivity contribution >= 4 is 35.0 Å². The molecule has 1 aliphatic rings. The number of carbonyl (C=O) groups is 2. The molecule has 1 aromatic rings. The second kappa shape index (κ2) is 4.97. The summed E-state index contributed by atoms with van der Waals surface area (Å²) in [6.07, 6.45) is 0. The van der Waals surface area contributed by atoms with E-state index in [1.54, 1.807) is 18.2 Å². The number of benzene rings is 1. The van der Waals surface area contributed by atoms with Crippen LogP contribution >= 0.6 is 11.8 Å². The van der Waals surface area contributed by atoms with E-state index in [-0.39, 0.29) is 11.7 Å². The van der Waals surface area contributed by atoms with Gasteiger partial charge in [-0.15, -0.1) is 11.8 Å². The van der Waals surface area contributed by atoms with E-state index in [0.29, 0.717) is 11.4 Å². The normalized spacial score (nSPS) is 16.3. The van der Waals surface area contributed by atoms with Crippen molar-refractivity contribution in [2.24, 2.45) is 5.73 Å². The molecule has 1 heterocycles. The lowest BCUT2D eigenvalue weighted by Crippen LogP contribution is -2.50. The van der Waals surface area contributed by atoms with Crippen molar-refractivity contribution in [1.29, 1.82) is 0 Å². The molecule has 0 fully saturated rings. The van der Waals surface area contributed by atoms with E-state index in [0.717, 1.165) is 9.80 Å². The minimum absolute atomic E-state index is 0.167. The fourth-order valence-corrected chi connectivity index (χ4v) is 2.53. The van der Waals surface area contributed by atoms with Crippen molar-refractivity contribution in [2.45, 2.75) is 10.9 Å². The van der Waals surface area contributed by atoms with Crippen LogP contribution in [0.3, 0.4) is 0 Å². The molecule has 0 aliphatic carbocycles. The van der Waals surface area contributed by atoms with Crippen LogP contribution < -0.4 is 16.4 Å². The summed E-state index contributed by atoms with van der Waals surface area (Å²) in [6, 6.07) is 3.91. The Bertz CT molecular complexity index is 506. The maximum absolute atomic E-state index is 12.0. The van der Waals surface area contributed by atoms with E-state index < -0.39 is 18.6 Å². The van der Waals surface area contributed by atoms with Crippen LogP contribution in [-0.4, -0.2) is 35.3 Å². The average Bonchev–Trinajstić information content (AvgIpc) is 2.36. The average molecular weight is 267 g/mol. The van der Waals surface area contributed by atoms with Gasteiger partial charge in [-0.2, -0.15) is 0 Å². The highest BCUT2D eigenvalue weighted by molar-refractivity contribution is 8.00. The van der Waals surface area contributed by atoms with Gasteiger partial charge in [0.1, 0.15) is 6.04 Å². The summed E-state index contributed by atoms with van der Waals surface area (Å²) in [6.45, 7) is -0.507. The number of carbonyl (C=O) groups excluding carboxylic acids is 2. The molecule has 5 N–H and O–H groups in total. The fourth-order valence-electron chi connectivity index (χ4n) is 1.66. The number of fused-ring (bicyclic) bond motifs is 1. The van der Waals surface area contributed by atoms with Gasteiger partial charge in [-0.25, -0.2) is 4.90 Å². The SMILES string of the molecule is Nc1ccc2c(c1)N(C(=O)C(N)CO)C(=O)CS2. The molecule has 7 heteroatoms. The molecule has 0 aromatic heterocycles. The number of nitrogens with zero attached hydrogens (tertiary/aromatic N) is 1. The summed E-state index contributed by atoms with van der Waals surface area (Å²) in [5.41, 5.74) is 12.0. The van der Waals surface area contributed by atoms with E-state index in [1.165, 1.54) is 11.8 Å². The number of hydrogen-bond donors (Lipinski definition) is 3. The van der Waals surface area contributed by atoms with E-state index >= 15 is 0 Å². The number of nitrogen functional groups attached to an aromatic ring is 1. The number of aliphatic hydroxyl groups excluding tert-OH is 1. The quantitative estimate of drug-likeness (QED) is 0.626. The molecule has 0 saturated carbocycles. The number of anilines is 2. The number of nitrogens with two attached hydrogens (primary N) is 2. The molecule has 0 radical (unpaired) electrons. The van der Waals surface area contributed by atoms with Gasteiger partial charge in [0.2, 0.25) is 5.91 Å². The summed E-state index contributed by atoms with van der Waals surface area (Å²) < 4.78 is 0. The largest absolute Gasteiger partial charge is 0.399 e. The number of aliphatic hydroxyl groups is 1. The van der Waals surface area contributed by atoms with Crippen molar-refractivity contribution in [1.82, 2.24) is 0 Å². The van der Waals surface area contributed by atoms with Crippen LogP contribution in [0.2, 0.25) is 0 Å².